The Kier molecular flexibility index (Phi) is 2.58. The lowest BCUT2D eigenvalue weighted by atomic mass is 10.1. The van der Waals surface area contributed by atoms with Gasteiger partial charge in [-0.15, -0.1) is 0 Å². The van der Waals surface area contributed by atoms with E-state index in [2.05, 4.69) is 9.97 Å². The molecule has 0 saturated carbocycles. The molecular formula is C12H6N4. The minimum absolute atomic E-state index is 0.359. The van der Waals surface area contributed by atoms with Crippen LogP contribution in [0.25, 0.3) is 11.4 Å². The number of hydrogen-bond donors (Lipinski definition) is 0. The van der Waals surface area contributed by atoms with E-state index in [-0.39, 0.29) is 0 Å². The number of hydrogen-bond acceptors (Lipinski definition) is 4. The molecule has 0 spiro atoms. The van der Waals surface area contributed by atoms with Gasteiger partial charge in [0.25, 0.3) is 0 Å². The molecule has 4 nitrogen and oxygen atoms in total. The molecule has 0 aromatic carbocycles. The summed E-state index contributed by atoms with van der Waals surface area (Å²) in [6, 6.07) is 10.9. The van der Waals surface area contributed by atoms with E-state index in [4.69, 9.17) is 10.5 Å². The average molecular weight is 206 g/mol. The molecule has 74 valence electrons. The minimum Gasteiger partial charge on any atom is -0.255 e. The second kappa shape index (κ2) is 4.20. The van der Waals surface area contributed by atoms with Crippen LogP contribution in [0.3, 0.4) is 0 Å². The third-order valence-electron chi connectivity index (χ3n) is 2.04. The van der Waals surface area contributed by atoms with E-state index in [1.807, 2.05) is 18.2 Å². The normalized spacial score (nSPS) is 9.12. The zero-order valence-electron chi connectivity index (χ0n) is 8.25. The molecule has 0 radical (unpaired) electrons. The molecule has 2 aromatic heterocycles. The quantitative estimate of drug-likeness (QED) is 0.714. The molecule has 16 heavy (non-hydrogen) atoms. The summed E-state index contributed by atoms with van der Waals surface area (Å²) in [5.41, 5.74) is 1.86. The Hall–Kier alpha value is -2.72. The zero-order valence-corrected chi connectivity index (χ0v) is 8.25. The predicted molar refractivity (Wildman–Crippen MR) is 56.9 cm³/mol. The SMILES string of the molecule is N#Cc1cnc(-c2ccccn2)c(C#N)c1. The van der Waals surface area contributed by atoms with Crippen molar-refractivity contribution in [2.75, 3.05) is 0 Å². The lowest BCUT2D eigenvalue weighted by Gasteiger charge is -2.01. The molecule has 0 N–H and O–H groups in total. The molecule has 2 rings (SSSR count). The van der Waals surface area contributed by atoms with Crippen LogP contribution in [0, 0.1) is 22.7 Å². The first-order valence-electron chi connectivity index (χ1n) is 4.57. The summed E-state index contributed by atoms with van der Waals surface area (Å²) in [6.45, 7) is 0. The Morgan fingerprint density at radius 1 is 1.06 bits per heavy atom. The first-order chi connectivity index (χ1) is 7.85. The molecule has 0 aliphatic rings. The van der Waals surface area contributed by atoms with Crippen molar-refractivity contribution in [2.24, 2.45) is 0 Å². The summed E-state index contributed by atoms with van der Waals surface area (Å²) >= 11 is 0. The van der Waals surface area contributed by atoms with Crippen LogP contribution in [0.1, 0.15) is 11.1 Å². The topological polar surface area (TPSA) is 73.4 Å². The van der Waals surface area contributed by atoms with Gasteiger partial charge < -0.3 is 0 Å². The summed E-state index contributed by atoms with van der Waals surface area (Å²) < 4.78 is 0. The smallest absolute Gasteiger partial charge is 0.106 e. The van der Waals surface area contributed by atoms with Crippen LogP contribution in [0.5, 0.6) is 0 Å². The van der Waals surface area contributed by atoms with Crippen LogP contribution in [-0.2, 0) is 0 Å². The van der Waals surface area contributed by atoms with Crippen LogP contribution >= 0.6 is 0 Å². The monoisotopic (exact) mass is 206 g/mol. The van der Waals surface area contributed by atoms with Gasteiger partial charge in [0.15, 0.2) is 0 Å². The molecule has 2 heterocycles. The van der Waals surface area contributed by atoms with Gasteiger partial charge in [0, 0.05) is 12.4 Å². The molecule has 0 aliphatic heterocycles. The van der Waals surface area contributed by atoms with Gasteiger partial charge >= 0.3 is 0 Å². The molecular weight excluding hydrogens is 200 g/mol. The highest BCUT2D eigenvalue weighted by molar-refractivity contribution is 5.63. The van der Waals surface area contributed by atoms with Gasteiger partial charge in [-0.2, -0.15) is 10.5 Å². The van der Waals surface area contributed by atoms with Crippen molar-refractivity contribution >= 4 is 0 Å². The van der Waals surface area contributed by atoms with Crippen LogP contribution < -0.4 is 0 Å². The molecule has 4 heteroatoms. The highest BCUT2D eigenvalue weighted by atomic mass is 14.8. The van der Waals surface area contributed by atoms with Gasteiger partial charge in [-0.05, 0) is 18.2 Å². The zero-order chi connectivity index (χ0) is 11.4. The molecule has 2 aromatic rings. The van der Waals surface area contributed by atoms with Gasteiger partial charge in [0.05, 0.1) is 16.8 Å². The van der Waals surface area contributed by atoms with Crippen LogP contribution in [-0.4, -0.2) is 9.97 Å². The number of rotatable bonds is 1. The van der Waals surface area contributed by atoms with E-state index in [1.165, 1.54) is 12.3 Å². The Balaban J connectivity index is 2.60. The van der Waals surface area contributed by atoms with E-state index in [0.717, 1.165) is 0 Å². The predicted octanol–water partition coefficient (Wildman–Crippen LogP) is 1.89. The summed E-state index contributed by atoms with van der Waals surface area (Å²) in [5, 5.41) is 17.7. The maximum atomic E-state index is 8.97. The third-order valence-corrected chi connectivity index (χ3v) is 2.04. The number of aromatic nitrogens is 2. The average Bonchev–Trinajstić information content (AvgIpc) is 2.39. The first kappa shape index (κ1) is 9.82. The standard InChI is InChI=1S/C12H6N4/c13-6-9-5-10(7-14)12(16-8-9)11-3-1-2-4-15-11/h1-5,8H. The Labute approximate surface area is 92.4 Å². The van der Waals surface area contributed by atoms with E-state index < -0.39 is 0 Å². The maximum Gasteiger partial charge on any atom is 0.106 e. The second-order valence-electron chi connectivity index (χ2n) is 3.06. The van der Waals surface area contributed by atoms with E-state index in [9.17, 15) is 0 Å². The van der Waals surface area contributed by atoms with Gasteiger partial charge in [0.2, 0.25) is 0 Å². The number of nitriles is 2. The lowest BCUT2D eigenvalue weighted by molar-refractivity contribution is 1.22. The maximum absolute atomic E-state index is 8.97. The molecule has 0 aliphatic carbocycles. The Morgan fingerprint density at radius 2 is 1.94 bits per heavy atom. The third kappa shape index (κ3) is 1.73. The molecule has 0 amide bonds. The number of pyridine rings is 2. The molecule has 0 unspecified atom stereocenters. The van der Waals surface area contributed by atoms with E-state index in [0.29, 0.717) is 22.5 Å². The Bertz CT molecular complexity index is 591. The highest BCUT2D eigenvalue weighted by Gasteiger charge is 2.08. The van der Waals surface area contributed by atoms with Gasteiger partial charge in [-0.25, -0.2) is 0 Å². The highest BCUT2D eigenvalue weighted by Crippen LogP contribution is 2.18. The van der Waals surface area contributed by atoms with Crippen LogP contribution in [0.2, 0.25) is 0 Å². The fraction of sp³-hybridized carbons (Fsp3) is 0. The molecule has 0 saturated heterocycles. The molecule has 0 bridgehead atoms. The fourth-order valence-corrected chi connectivity index (χ4v) is 1.32. The van der Waals surface area contributed by atoms with Crippen molar-refractivity contribution in [1.29, 1.82) is 10.5 Å². The van der Waals surface area contributed by atoms with Crippen molar-refractivity contribution < 1.29 is 0 Å². The molecule has 0 fully saturated rings. The van der Waals surface area contributed by atoms with Gasteiger partial charge in [-0.1, -0.05) is 6.07 Å². The van der Waals surface area contributed by atoms with Gasteiger partial charge in [0.1, 0.15) is 17.8 Å². The van der Waals surface area contributed by atoms with Crippen molar-refractivity contribution in [3.8, 4) is 23.5 Å². The van der Waals surface area contributed by atoms with Crippen molar-refractivity contribution in [1.82, 2.24) is 9.97 Å². The van der Waals surface area contributed by atoms with E-state index >= 15 is 0 Å². The summed E-state index contributed by atoms with van der Waals surface area (Å²) in [5.74, 6) is 0. The first-order valence-corrected chi connectivity index (χ1v) is 4.57. The van der Waals surface area contributed by atoms with Crippen molar-refractivity contribution in [3.05, 3.63) is 47.8 Å². The van der Waals surface area contributed by atoms with Crippen LogP contribution in [0.4, 0.5) is 0 Å². The summed E-state index contributed by atoms with van der Waals surface area (Å²) in [7, 11) is 0. The Morgan fingerprint density at radius 3 is 2.56 bits per heavy atom. The van der Waals surface area contributed by atoms with Crippen LogP contribution in [0.15, 0.2) is 36.7 Å². The summed E-state index contributed by atoms with van der Waals surface area (Å²) in [4.78, 5) is 8.20. The van der Waals surface area contributed by atoms with Crippen molar-refractivity contribution in [2.45, 2.75) is 0 Å². The van der Waals surface area contributed by atoms with Crippen molar-refractivity contribution in [3.63, 3.8) is 0 Å². The summed E-state index contributed by atoms with van der Waals surface area (Å²) in [6.07, 6.45) is 3.07. The fourth-order valence-electron chi connectivity index (χ4n) is 1.32. The lowest BCUT2D eigenvalue weighted by Crippen LogP contribution is -1.92. The van der Waals surface area contributed by atoms with E-state index in [1.54, 1.807) is 18.3 Å². The second-order valence-corrected chi connectivity index (χ2v) is 3.06. The largest absolute Gasteiger partial charge is 0.255 e. The molecule has 0 atom stereocenters. The number of nitrogens with zero attached hydrogens (tertiary/aromatic N) is 4. The minimum atomic E-state index is 0.359. The van der Waals surface area contributed by atoms with Gasteiger partial charge in [-0.3, -0.25) is 9.97 Å².